The van der Waals surface area contributed by atoms with Crippen molar-refractivity contribution in [1.82, 2.24) is 9.80 Å². The van der Waals surface area contributed by atoms with E-state index < -0.39 is 11.8 Å². The molecule has 0 unspecified atom stereocenters. The lowest BCUT2D eigenvalue weighted by molar-refractivity contribution is -0.155. The first kappa shape index (κ1) is 13.9. The molecule has 1 aromatic carbocycles. The third-order valence-corrected chi connectivity index (χ3v) is 3.49. The van der Waals surface area contributed by atoms with Crippen LogP contribution >= 0.6 is 15.9 Å². The summed E-state index contributed by atoms with van der Waals surface area (Å²) in [6, 6.07) is 7.47. The van der Waals surface area contributed by atoms with Crippen molar-refractivity contribution in [2.75, 3.05) is 33.3 Å². The molecule has 1 saturated heterocycles. The highest BCUT2D eigenvalue weighted by Gasteiger charge is 2.29. The number of rotatable bonds is 4. The molecular weight excluding hydrogens is 312 g/mol. The maximum absolute atomic E-state index is 11.7. The summed E-state index contributed by atoms with van der Waals surface area (Å²) < 4.78 is 6.52. The van der Waals surface area contributed by atoms with Crippen molar-refractivity contribution in [3.05, 3.63) is 28.7 Å². The van der Waals surface area contributed by atoms with Crippen molar-refractivity contribution < 1.29 is 14.3 Å². The molecule has 0 saturated carbocycles. The Morgan fingerprint density at radius 1 is 1.16 bits per heavy atom. The number of likely N-dealkylation sites (N-methyl/N-ethyl adjacent to an activating group) is 1. The van der Waals surface area contributed by atoms with Crippen LogP contribution in [0.3, 0.4) is 0 Å². The number of carbonyl (C=O) groups excluding carboxylic acids is 2. The van der Waals surface area contributed by atoms with Crippen LogP contribution in [-0.2, 0) is 9.59 Å². The molecule has 2 amide bonds. The molecule has 0 bridgehead atoms. The minimum atomic E-state index is -0.451. The van der Waals surface area contributed by atoms with Crippen LogP contribution < -0.4 is 4.74 Å². The quantitative estimate of drug-likeness (QED) is 0.779. The van der Waals surface area contributed by atoms with Crippen LogP contribution in [0.1, 0.15) is 0 Å². The van der Waals surface area contributed by atoms with Crippen LogP contribution in [-0.4, -0.2) is 54.9 Å². The van der Waals surface area contributed by atoms with Gasteiger partial charge in [-0.05, 0) is 24.3 Å². The van der Waals surface area contributed by atoms with Crippen molar-refractivity contribution >= 4 is 27.7 Å². The first-order chi connectivity index (χ1) is 9.08. The average molecular weight is 327 g/mol. The van der Waals surface area contributed by atoms with E-state index in [9.17, 15) is 9.59 Å². The zero-order valence-corrected chi connectivity index (χ0v) is 12.2. The fraction of sp³-hybridized carbons (Fsp3) is 0.385. The summed E-state index contributed by atoms with van der Waals surface area (Å²) >= 11 is 3.35. The van der Waals surface area contributed by atoms with E-state index in [1.165, 1.54) is 9.80 Å². The predicted molar refractivity (Wildman–Crippen MR) is 73.9 cm³/mol. The Bertz CT molecular complexity index is 475. The second kappa shape index (κ2) is 6.06. The molecule has 102 valence electrons. The van der Waals surface area contributed by atoms with Crippen LogP contribution in [0, 0.1) is 0 Å². The van der Waals surface area contributed by atoms with Crippen LogP contribution in [0.5, 0.6) is 5.75 Å². The summed E-state index contributed by atoms with van der Waals surface area (Å²) in [6.45, 7) is 1.94. The van der Waals surface area contributed by atoms with Crippen molar-refractivity contribution in [3.8, 4) is 5.75 Å². The van der Waals surface area contributed by atoms with Crippen molar-refractivity contribution in [2.24, 2.45) is 0 Å². The molecule has 5 nitrogen and oxygen atoms in total. The Labute approximate surface area is 120 Å². The van der Waals surface area contributed by atoms with Crippen molar-refractivity contribution in [3.63, 3.8) is 0 Å². The van der Waals surface area contributed by atoms with E-state index in [0.717, 1.165) is 10.2 Å². The third kappa shape index (κ3) is 3.47. The van der Waals surface area contributed by atoms with Crippen molar-refractivity contribution in [2.45, 2.75) is 0 Å². The van der Waals surface area contributed by atoms with Gasteiger partial charge in [0.25, 0.3) is 0 Å². The van der Waals surface area contributed by atoms with E-state index in [1.807, 2.05) is 24.3 Å². The molecule has 1 aromatic rings. The van der Waals surface area contributed by atoms with Crippen LogP contribution in [0.25, 0.3) is 0 Å². The van der Waals surface area contributed by atoms with Gasteiger partial charge in [-0.3, -0.25) is 9.59 Å². The van der Waals surface area contributed by atoms with Gasteiger partial charge in [0.15, 0.2) is 0 Å². The Morgan fingerprint density at radius 2 is 1.84 bits per heavy atom. The van der Waals surface area contributed by atoms with Gasteiger partial charge < -0.3 is 14.5 Å². The molecule has 1 fully saturated rings. The number of piperazine rings is 1. The van der Waals surface area contributed by atoms with Crippen molar-refractivity contribution in [1.29, 1.82) is 0 Å². The molecule has 1 aliphatic heterocycles. The number of ether oxygens (including phenoxy) is 1. The molecule has 0 spiro atoms. The molecule has 0 atom stereocenters. The summed E-state index contributed by atoms with van der Waals surface area (Å²) in [5.74, 6) is -0.154. The number of carbonyl (C=O) groups is 2. The Balaban J connectivity index is 1.81. The van der Waals surface area contributed by atoms with Crippen LogP contribution in [0.4, 0.5) is 0 Å². The van der Waals surface area contributed by atoms with E-state index in [4.69, 9.17) is 4.74 Å². The minimum absolute atomic E-state index is 0.379. The summed E-state index contributed by atoms with van der Waals surface area (Å²) in [5.41, 5.74) is 0. The van der Waals surface area contributed by atoms with E-state index in [0.29, 0.717) is 26.2 Å². The second-order valence-electron chi connectivity index (χ2n) is 4.32. The molecule has 6 heteroatoms. The number of amides is 2. The minimum Gasteiger partial charge on any atom is -0.492 e. The normalized spacial score (nSPS) is 15.9. The van der Waals surface area contributed by atoms with Crippen LogP contribution in [0.15, 0.2) is 28.7 Å². The zero-order chi connectivity index (χ0) is 13.8. The highest BCUT2D eigenvalue weighted by atomic mass is 79.9. The van der Waals surface area contributed by atoms with Crippen LogP contribution in [0.2, 0.25) is 0 Å². The molecule has 0 radical (unpaired) electrons. The third-order valence-electron chi connectivity index (χ3n) is 2.97. The number of hydrogen-bond acceptors (Lipinski definition) is 3. The topological polar surface area (TPSA) is 49.9 Å². The molecule has 0 aromatic heterocycles. The Hall–Kier alpha value is -1.56. The number of benzene rings is 1. The summed E-state index contributed by atoms with van der Waals surface area (Å²) in [4.78, 5) is 26.2. The summed E-state index contributed by atoms with van der Waals surface area (Å²) in [7, 11) is 1.63. The number of nitrogens with zero attached hydrogens (tertiary/aromatic N) is 2. The summed E-state index contributed by atoms with van der Waals surface area (Å²) in [6.07, 6.45) is 0. The molecule has 2 rings (SSSR count). The fourth-order valence-corrected chi connectivity index (χ4v) is 2.05. The predicted octanol–water partition coefficient (Wildman–Crippen LogP) is 1.13. The van der Waals surface area contributed by atoms with Gasteiger partial charge in [0.05, 0.1) is 6.54 Å². The lowest BCUT2D eigenvalue weighted by Crippen LogP contribution is -2.53. The average Bonchev–Trinajstić information content (AvgIpc) is 2.41. The largest absolute Gasteiger partial charge is 0.492 e. The summed E-state index contributed by atoms with van der Waals surface area (Å²) in [5, 5.41) is 0. The van der Waals surface area contributed by atoms with Gasteiger partial charge in [-0.25, -0.2) is 0 Å². The SMILES string of the molecule is CN1CCN(CCOc2ccc(Br)cc2)C(=O)C1=O. The first-order valence-electron chi connectivity index (χ1n) is 6.00. The Morgan fingerprint density at radius 3 is 2.53 bits per heavy atom. The van der Waals surface area contributed by atoms with Gasteiger partial charge in [-0.15, -0.1) is 0 Å². The van der Waals surface area contributed by atoms with Gasteiger partial charge in [0.2, 0.25) is 0 Å². The first-order valence-corrected chi connectivity index (χ1v) is 6.80. The van der Waals surface area contributed by atoms with Gasteiger partial charge in [0.1, 0.15) is 12.4 Å². The lowest BCUT2D eigenvalue weighted by Gasteiger charge is -2.31. The van der Waals surface area contributed by atoms with Gasteiger partial charge in [0, 0.05) is 24.6 Å². The molecule has 0 aliphatic carbocycles. The number of hydrogen-bond donors (Lipinski definition) is 0. The molecule has 19 heavy (non-hydrogen) atoms. The van der Waals surface area contributed by atoms with E-state index in [2.05, 4.69) is 15.9 Å². The zero-order valence-electron chi connectivity index (χ0n) is 10.6. The smallest absolute Gasteiger partial charge is 0.312 e. The van der Waals surface area contributed by atoms with E-state index >= 15 is 0 Å². The highest BCUT2D eigenvalue weighted by molar-refractivity contribution is 9.10. The fourth-order valence-electron chi connectivity index (χ4n) is 1.79. The maximum Gasteiger partial charge on any atom is 0.312 e. The Kier molecular flexibility index (Phi) is 4.42. The monoisotopic (exact) mass is 326 g/mol. The van der Waals surface area contributed by atoms with E-state index in [1.54, 1.807) is 7.05 Å². The van der Waals surface area contributed by atoms with E-state index in [-0.39, 0.29) is 0 Å². The van der Waals surface area contributed by atoms with Gasteiger partial charge in [-0.1, -0.05) is 15.9 Å². The number of halogens is 1. The standard InChI is InChI=1S/C13H15BrN2O3/c1-15-6-7-16(13(18)12(15)17)8-9-19-11-4-2-10(14)3-5-11/h2-5H,6-9H2,1H3. The molecule has 0 N–H and O–H groups in total. The van der Waals surface area contributed by atoms with Gasteiger partial charge >= 0.3 is 11.8 Å². The molecule has 1 aliphatic rings. The second-order valence-corrected chi connectivity index (χ2v) is 5.24. The van der Waals surface area contributed by atoms with Gasteiger partial charge in [-0.2, -0.15) is 0 Å². The maximum atomic E-state index is 11.7. The highest BCUT2D eigenvalue weighted by Crippen LogP contribution is 2.16. The molecular formula is C13H15BrN2O3. The molecule has 1 heterocycles. The lowest BCUT2D eigenvalue weighted by atomic mass is 10.3.